The molecular weight excluding hydrogens is 342 g/mol. The van der Waals surface area contributed by atoms with Gasteiger partial charge in [-0.1, -0.05) is 0 Å². The monoisotopic (exact) mass is 359 g/mol. The van der Waals surface area contributed by atoms with Crippen LogP contribution in [0, 0.1) is 0 Å². The van der Waals surface area contributed by atoms with E-state index in [1.807, 2.05) is 0 Å². The predicted molar refractivity (Wildman–Crippen MR) is 90.7 cm³/mol. The predicted octanol–water partition coefficient (Wildman–Crippen LogP) is 2.31. The van der Waals surface area contributed by atoms with E-state index in [0.29, 0.717) is 22.9 Å². The minimum Gasteiger partial charge on any atom is -0.507 e. The molecule has 0 fully saturated rings. The number of ether oxygens (including phenoxy) is 4. The molecule has 0 aromatic heterocycles. The van der Waals surface area contributed by atoms with Gasteiger partial charge in [-0.05, 0) is 37.3 Å². The molecule has 0 radical (unpaired) electrons. The second kappa shape index (κ2) is 7.22. The molecule has 2 aromatic carbocycles. The Morgan fingerprint density at radius 2 is 1.92 bits per heavy atom. The van der Waals surface area contributed by atoms with Crippen LogP contribution in [0.2, 0.25) is 0 Å². The summed E-state index contributed by atoms with van der Waals surface area (Å²) in [4.78, 5) is 24.4. The number of rotatable bonds is 5. The third-order valence-corrected chi connectivity index (χ3v) is 3.72. The molecule has 1 heterocycles. The molecule has 2 N–H and O–H groups in total. The molecule has 0 spiro atoms. The Morgan fingerprint density at radius 1 is 1.15 bits per heavy atom. The molecule has 0 saturated heterocycles. The smallest absolute Gasteiger partial charge is 0.342 e. The third kappa shape index (κ3) is 3.64. The number of fused-ring (bicyclic) bond motifs is 1. The summed E-state index contributed by atoms with van der Waals surface area (Å²) < 4.78 is 20.6. The lowest BCUT2D eigenvalue weighted by molar-refractivity contribution is -0.123. The van der Waals surface area contributed by atoms with Gasteiger partial charge in [0.05, 0.1) is 7.11 Å². The van der Waals surface area contributed by atoms with Gasteiger partial charge >= 0.3 is 5.97 Å². The van der Waals surface area contributed by atoms with Crippen LogP contribution in [0.4, 0.5) is 5.69 Å². The number of benzene rings is 2. The molecule has 1 aliphatic rings. The van der Waals surface area contributed by atoms with Gasteiger partial charge in [-0.25, -0.2) is 4.79 Å². The molecule has 0 saturated carbocycles. The van der Waals surface area contributed by atoms with E-state index in [-0.39, 0.29) is 18.1 Å². The highest BCUT2D eigenvalue weighted by molar-refractivity contribution is 5.98. The van der Waals surface area contributed by atoms with Crippen molar-refractivity contribution in [2.45, 2.75) is 13.0 Å². The summed E-state index contributed by atoms with van der Waals surface area (Å²) in [6, 6.07) is 9.08. The quantitative estimate of drug-likeness (QED) is 0.790. The van der Waals surface area contributed by atoms with Crippen molar-refractivity contribution in [1.82, 2.24) is 0 Å². The van der Waals surface area contributed by atoms with Gasteiger partial charge in [-0.2, -0.15) is 0 Å². The van der Waals surface area contributed by atoms with Crippen LogP contribution in [0.15, 0.2) is 36.4 Å². The van der Waals surface area contributed by atoms with Crippen molar-refractivity contribution in [3.8, 4) is 23.0 Å². The maximum Gasteiger partial charge on any atom is 0.342 e. The van der Waals surface area contributed by atoms with E-state index in [9.17, 15) is 14.7 Å². The van der Waals surface area contributed by atoms with E-state index >= 15 is 0 Å². The van der Waals surface area contributed by atoms with E-state index < -0.39 is 18.0 Å². The highest BCUT2D eigenvalue weighted by Gasteiger charge is 2.22. The SMILES string of the molecule is COc1ccc(O)c(C(=O)O[C@H](C)C(=O)Nc2ccc3c(c2)OCO3)c1. The van der Waals surface area contributed by atoms with Gasteiger partial charge in [0.25, 0.3) is 5.91 Å². The number of amides is 1. The average molecular weight is 359 g/mol. The molecule has 3 rings (SSSR count). The second-order valence-electron chi connectivity index (χ2n) is 5.49. The van der Waals surface area contributed by atoms with E-state index in [4.69, 9.17) is 18.9 Å². The number of phenols is 1. The van der Waals surface area contributed by atoms with E-state index in [1.54, 1.807) is 18.2 Å². The van der Waals surface area contributed by atoms with Crippen LogP contribution >= 0.6 is 0 Å². The number of esters is 1. The Bertz CT molecular complexity index is 849. The summed E-state index contributed by atoms with van der Waals surface area (Å²) in [6.07, 6.45) is -1.08. The van der Waals surface area contributed by atoms with Crippen molar-refractivity contribution < 1.29 is 33.6 Å². The lowest BCUT2D eigenvalue weighted by atomic mass is 10.2. The van der Waals surface area contributed by atoms with E-state index in [1.165, 1.54) is 32.2 Å². The van der Waals surface area contributed by atoms with E-state index in [0.717, 1.165) is 0 Å². The normalized spacial score (nSPS) is 13.0. The fraction of sp³-hybridized carbons (Fsp3) is 0.222. The topological polar surface area (TPSA) is 103 Å². The summed E-state index contributed by atoms with van der Waals surface area (Å²) in [5.74, 6) is -0.134. The maximum atomic E-state index is 12.2. The third-order valence-electron chi connectivity index (χ3n) is 3.72. The van der Waals surface area contributed by atoms with Crippen molar-refractivity contribution >= 4 is 17.6 Å². The largest absolute Gasteiger partial charge is 0.507 e. The first-order valence-electron chi connectivity index (χ1n) is 7.76. The van der Waals surface area contributed by atoms with Crippen LogP contribution in [-0.4, -0.2) is 37.0 Å². The van der Waals surface area contributed by atoms with Crippen LogP contribution in [0.5, 0.6) is 23.0 Å². The van der Waals surface area contributed by atoms with Crippen molar-refractivity contribution in [1.29, 1.82) is 0 Å². The zero-order valence-electron chi connectivity index (χ0n) is 14.1. The minimum atomic E-state index is -1.08. The first kappa shape index (κ1) is 17.4. The number of carbonyl (C=O) groups excluding carboxylic acids is 2. The Balaban J connectivity index is 1.64. The van der Waals surface area contributed by atoms with Gasteiger partial charge in [0.2, 0.25) is 6.79 Å². The Kier molecular flexibility index (Phi) is 4.83. The summed E-state index contributed by atoms with van der Waals surface area (Å²) in [6.45, 7) is 1.56. The first-order chi connectivity index (χ1) is 12.5. The van der Waals surface area contributed by atoms with Crippen LogP contribution in [-0.2, 0) is 9.53 Å². The summed E-state index contributed by atoms with van der Waals surface area (Å²) in [7, 11) is 1.43. The molecule has 8 nitrogen and oxygen atoms in total. The van der Waals surface area contributed by atoms with E-state index in [2.05, 4.69) is 5.32 Å². The number of phenolic OH excluding ortho intramolecular Hbond substituents is 1. The zero-order valence-corrected chi connectivity index (χ0v) is 14.1. The number of anilines is 1. The van der Waals surface area contributed by atoms with Crippen molar-refractivity contribution in [2.75, 3.05) is 19.2 Å². The molecule has 0 bridgehead atoms. The van der Waals surface area contributed by atoms with Crippen LogP contribution in [0.1, 0.15) is 17.3 Å². The molecule has 0 aliphatic carbocycles. The summed E-state index contributed by atoms with van der Waals surface area (Å²) in [5, 5.41) is 12.4. The van der Waals surface area contributed by atoms with Gasteiger partial charge in [0.15, 0.2) is 17.6 Å². The molecule has 26 heavy (non-hydrogen) atoms. The highest BCUT2D eigenvalue weighted by atomic mass is 16.7. The van der Waals surface area contributed by atoms with Gasteiger partial charge in [0, 0.05) is 11.8 Å². The number of hydrogen-bond donors (Lipinski definition) is 2. The molecule has 1 amide bonds. The molecular formula is C18H17NO7. The number of carbonyl (C=O) groups is 2. The molecule has 1 atom stereocenters. The van der Waals surface area contributed by atoms with Crippen LogP contribution in [0.3, 0.4) is 0 Å². The summed E-state index contributed by atoms with van der Waals surface area (Å²) >= 11 is 0. The highest BCUT2D eigenvalue weighted by Crippen LogP contribution is 2.34. The fourth-order valence-electron chi connectivity index (χ4n) is 2.30. The van der Waals surface area contributed by atoms with Crippen LogP contribution < -0.4 is 19.5 Å². The number of methoxy groups -OCH3 is 1. The molecule has 1 aliphatic heterocycles. The molecule has 2 aromatic rings. The minimum absolute atomic E-state index is 0.0907. The molecule has 136 valence electrons. The summed E-state index contributed by atoms with van der Waals surface area (Å²) in [5.41, 5.74) is 0.387. The maximum absolute atomic E-state index is 12.2. The Hall–Kier alpha value is -3.42. The number of hydrogen-bond acceptors (Lipinski definition) is 7. The van der Waals surface area contributed by atoms with Gasteiger partial charge in [-0.15, -0.1) is 0 Å². The Labute approximate surface area is 149 Å². The average Bonchev–Trinajstić information content (AvgIpc) is 3.09. The van der Waals surface area contributed by atoms with Crippen molar-refractivity contribution in [2.24, 2.45) is 0 Å². The van der Waals surface area contributed by atoms with Gasteiger partial charge < -0.3 is 29.4 Å². The lowest BCUT2D eigenvalue weighted by Gasteiger charge is -2.14. The van der Waals surface area contributed by atoms with Crippen molar-refractivity contribution in [3.05, 3.63) is 42.0 Å². The molecule has 0 unspecified atom stereocenters. The Morgan fingerprint density at radius 3 is 2.69 bits per heavy atom. The van der Waals surface area contributed by atoms with Gasteiger partial charge in [-0.3, -0.25) is 4.79 Å². The fourth-order valence-corrected chi connectivity index (χ4v) is 2.30. The second-order valence-corrected chi connectivity index (χ2v) is 5.49. The first-order valence-corrected chi connectivity index (χ1v) is 7.76. The number of aromatic hydroxyl groups is 1. The van der Waals surface area contributed by atoms with Gasteiger partial charge in [0.1, 0.15) is 17.1 Å². The van der Waals surface area contributed by atoms with Crippen LogP contribution in [0.25, 0.3) is 0 Å². The van der Waals surface area contributed by atoms with Crippen molar-refractivity contribution in [3.63, 3.8) is 0 Å². The number of nitrogens with one attached hydrogen (secondary N) is 1. The molecule has 8 heteroatoms. The standard InChI is InChI=1S/C18H17NO7/c1-10(26-18(22)13-8-12(23-2)4-5-14(13)20)17(21)19-11-3-6-15-16(7-11)25-9-24-15/h3-8,10,20H,9H2,1-2H3,(H,19,21)/t10-/m1/s1. The lowest BCUT2D eigenvalue weighted by Crippen LogP contribution is -2.30. The zero-order chi connectivity index (χ0) is 18.7.